The molecule has 0 aromatic heterocycles. The normalized spacial score (nSPS) is 19.5. The van der Waals surface area contributed by atoms with Gasteiger partial charge in [0.1, 0.15) is 23.4 Å². The van der Waals surface area contributed by atoms with E-state index in [0.717, 1.165) is 4.31 Å². The Balaban J connectivity index is 1.86. The molecule has 1 heterocycles. The first-order valence-corrected chi connectivity index (χ1v) is 10.3. The number of piperazine rings is 1. The number of carbonyl (C=O) groups is 1. The van der Waals surface area contributed by atoms with Crippen molar-refractivity contribution < 1.29 is 27.5 Å². The van der Waals surface area contributed by atoms with Crippen molar-refractivity contribution in [2.75, 3.05) is 13.1 Å². The monoisotopic (exact) mass is 423 g/mol. The van der Waals surface area contributed by atoms with Crippen molar-refractivity contribution in [3.8, 4) is 11.5 Å². The largest absolute Gasteiger partial charge is 0.457 e. The lowest BCUT2D eigenvalue weighted by Gasteiger charge is -2.44. The van der Waals surface area contributed by atoms with Gasteiger partial charge in [0.05, 0.1) is 4.90 Å². The van der Waals surface area contributed by atoms with Crippen LogP contribution in [0.25, 0.3) is 0 Å². The van der Waals surface area contributed by atoms with Gasteiger partial charge in [-0.15, -0.1) is 0 Å². The Morgan fingerprint density at radius 3 is 2.28 bits per heavy atom. The molecule has 1 atom stereocenters. The smallest absolute Gasteiger partial charge is 0.263 e. The molecule has 1 fully saturated rings. The number of ether oxygens (including phenoxy) is 1. The van der Waals surface area contributed by atoms with Crippen LogP contribution < -0.4 is 15.5 Å². The van der Waals surface area contributed by atoms with Crippen molar-refractivity contribution in [1.82, 2.24) is 15.1 Å². The second kappa shape index (κ2) is 8.07. The number of benzene rings is 2. The number of carbonyl (C=O) groups excluding carboxylic acids is 1. The van der Waals surface area contributed by atoms with Gasteiger partial charge in [-0.2, -0.15) is 4.31 Å². The highest BCUT2D eigenvalue weighted by Crippen LogP contribution is 2.29. The summed E-state index contributed by atoms with van der Waals surface area (Å²) in [5.41, 5.74) is 0.667. The summed E-state index contributed by atoms with van der Waals surface area (Å²) in [6, 6.07) is 9.99. The summed E-state index contributed by atoms with van der Waals surface area (Å²) in [6.45, 7) is 3.80. The molecule has 1 aliphatic rings. The summed E-state index contributed by atoms with van der Waals surface area (Å²) < 4.78 is 46.0. The van der Waals surface area contributed by atoms with Gasteiger partial charge in [-0.05, 0) is 62.4 Å². The average Bonchev–Trinajstić information content (AvgIpc) is 2.68. The van der Waals surface area contributed by atoms with E-state index in [2.05, 4.69) is 5.32 Å². The first-order chi connectivity index (χ1) is 13.6. The zero-order valence-electron chi connectivity index (χ0n) is 15.9. The second-order valence-corrected chi connectivity index (χ2v) is 9.06. The molecule has 3 N–H and O–H groups in total. The molecule has 0 radical (unpaired) electrons. The number of rotatable bonds is 5. The Morgan fingerprint density at radius 2 is 1.72 bits per heavy atom. The molecule has 8 nitrogen and oxygen atoms in total. The number of sulfonamides is 1. The van der Waals surface area contributed by atoms with Crippen LogP contribution in [0.4, 0.5) is 4.39 Å². The second-order valence-electron chi connectivity index (χ2n) is 7.17. The summed E-state index contributed by atoms with van der Waals surface area (Å²) in [6.07, 6.45) is 0. The highest BCUT2D eigenvalue weighted by Gasteiger charge is 2.47. The maximum Gasteiger partial charge on any atom is 0.263 e. The minimum atomic E-state index is -4.02. The predicted octanol–water partition coefficient (Wildman–Crippen LogP) is 1.86. The maximum atomic E-state index is 13.2. The minimum Gasteiger partial charge on any atom is -0.457 e. The number of amides is 1. The van der Waals surface area contributed by atoms with E-state index < -0.39 is 27.5 Å². The lowest BCUT2D eigenvalue weighted by Crippen LogP contribution is -2.69. The third-order valence-corrected chi connectivity index (χ3v) is 6.60. The van der Waals surface area contributed by atoms with Gasteiger partial charge in [0.2, 0.25) is 10.0 Å². The van der Waals surface area contributed by atoms with Gasteiger partial charge in [0.15, 0.2) is 0 Å². The molecule has 0 unspecified atom stereocenters. The van der Waals surface area contributed by atoms with Crippen LogP contribution in [-0.4, -0.2) is 48.5 Å². The molecule has 0 saturated carbocycles. The van der Waals surface area contributed by atoms with E-state index in [4.69, 9.17) is 9.94 Å². The number of nitrogens with zero attached hydrogens (tertiary/aromatic N) is 1. The van der Waals surface area contributed by atoms with E-state index in [1.165, 1.54) is 48.5 Å². The molecule has 0 bridgehead atoms. The standard InChI is InChI=1S/C19H22FN3O5S/c1-19(2)17(18(24)22-25)23(12-11-21-19)29(26,27)16-9-7-15(8-10-16)28-14-5-3-13(20)4-6-14/h3-10,17,21,25H,11-12H2,1-2H3,(H,22,24)/t17-/m0/s1. The van der Waals surface area contributed by atoms with Crippen molar-refractivity contribution in [2.45, 2.75) is 30.3 Å². The highest BCUT2D eigenvalue weighted by molar-refractivity contribution is 7.89. The molecular weight excluding hydrogens is 401 g/mol. The number of hydrogen-bond donors (Lipinski definition) is 3. The van der Waals surface area contributed by atoms with Crippen molar-refractivity contribution >= 4 is 15.9 Å². The van der Waals surface area contributed by atoms with Gasteiger partial charge in [-0.1, -0.05) is 0 Å². The Kier molecular flexibility index (Phi) is 5.90. The average molecular weight is 423 g/mol. The molecule has 1 aliphatic heterocycles. The van der Waals surface area contributed by atoms with Gasteiger partial charge in [0, 0.05) is 18.6 Å². The van der Waals surface area contributed by atoms with Crippen LogP contribution in [0.1, 0.15) is 13.8 Å². The summed E-state index contributed by atoms with van der Waals surface area (Å²) in [7, 11) is -4.02. The Morgan fingerprint density at radius 1 is 1.17 bits per heavy atom. The summed E-state index contributed by atoms with van der Waals surface area (Å²) >= 11 is 0. The molecule has 2 aromatic carbocycles. The third kappa shape index (κ3) is 4.40. The van der Waals surface area contributed by atoms with Crippen LogP contribution in [0, 0.1) is 5.82 Å². The van der Waals surface area contributed by atoms with Crippen LogP contribution in [0.2, 0.25) is 0 Å². The van der Waals surface area contributed by atoms with Gasteiger partial charge in [-0.3, -0.25) is 10.0 Å². The summed E-state index contributed by atoms with van der Waals surface area (Å²) in [4.78, 5) is 12.2. The number of hydrogen-bond acceptors (Lipinski definition) is 6. The first-order valence-electron chi connectivity index (χ1n) is 8.89. The Labute approximate surface area is 168 Å². The quantitative estimate of drug-likeness (QED) is 0.501. The van der Waals surface area contributed by atoms with Crippen LogP contribution >= 0.6 is 0 Å². The number of nitrogens with one attached hydrogen (secondary N) is 2. The zero-order valence-corrected chi connectivity index (χ0v) is 16.7. The molecule has 0 spiro atoms. The van der Waals surface area contributed by atoms with Gasteiger partial charge in [-0.25, -0.2) is 18.3 Å². The molecule has 156 valence electrons. The fourth-order valence-corrected chi connectivity index (χ4v) is 5.03. The van der Waals surface area contributed by atoms with Crippen LogP contribution in [0.5, 0.6) is 11.5 Å². The maximum absolute atomic E-state index is 13.2. The van der Waals surface area contributed by atoms with Gasteiger partial charge in [0.25, 0.3) is 5.91 Å². The molecule has 10 heteroatoms. The highest BCUT2D eigenvalue weighted by atomic mass is 32.2. The molecule has 3 rings (SSSR count). The van der Waals surface area contributed by atoms with Crippen molar-refractivity contribution in [3.05, 3.63) is 54.3 Å². The third-order valence-electron chi connectivity index (χ3n) is 4.72. The van der Waals surface area contributed by atoms with E-state index in [0.29, 0.717) is 18.0 Å². The summed E-state index contributed by atoms with van der Waals surface area (Å²) in [5.74, 6) is -0.423. The number of halogens is 1. The lowest BCUT2D eigenvalue weighted by atomic mass is 9.92. The first kappa shape index (κ1) is 21.2. The van der Waals surface area contributed by atoms with Gasteiger partial charge < -0.3 is 10.1 Å². The van der Waals surface area contributed by atoms with Crippen LogP contribution in [0.3, 0.4) is 0 Å². The molecule has 1 saturated heterocycles. The van der Waals surface area contributed by atoms with Gasteiger partial charge >= 0.3 is 0 Å². The van der Waals surface area contributed by atoms with E-state index in [-0.39, 0.29) is 17.3 Å². The van der Waals surface area contributed by atoms with Crippen LogP contribution in [-0.2, 0) is 14.8 Å². The molecule has 0 aliphatic carbocycles. The molecular formula is C19H22FN3O5S. The zero-order chi connectivity index (χ0) is 21.2. The minimum absolute atomic E-state index is 0.0163. The SMILES string of the molecule is CC1(C)NCCN(S(=O)(=O)c2ccc(Oc3ccc(F)cc3)cc2)[C@H]1C(=O)NO. The van der Waals surface area contributed by atoms with E-state index in [1.54, 1.807) is 19.3 Å². The van der Waals surface area contributed by atoms with Crippen LogP contribution in [0.15, 0.2) is 53.4 Å². The number of hydroxylamine groups is 1. The van der Waals surface area contributed by atoms with Crippen molar-refractivity contribution in [2.24, 2.45) is 0 Å². The lowest BCUT2D eigenvalue weighted by molar-refractivity contribution is -0.136. The van der Waals surface area contributed by atoms with E-state index in [9.17, 15) is 17.6 Å². The fourth-order valence-electron chi connectivity index (χ4n) is 3.31. The van der Waals surface area contributed by atoms with Crippen molar-refractivity contribution in [3.63, 3.8) is 0 Å². The Hall–Kier alpha value is -2.53. The molecule has 1 amide bonds. The predicted molar refractivity (Wildman–Crippen MR) is 103 cm³/mol. The van der Waals surface area contributed by atoms with E-state index in [1.807, 2.05) is 0 Å². The molecule has 2 aromatic rings. The van der Waals surface area contributed by atoms with E-state index >= 15 is 0 Å². The topological polar surface area (TPSA) is 108 Å². The fraction of sp³-hybridized carbons (Fsp3) is 0.316. The molecule has 29 heavy (non-hydrogen) atoms. The van der Waals surface area contributed by atoms with Crippen molar-refractivity contribution in [1.29, 1.82) is 0 Å². The summed E-state index contributed by atoms with van der Waals surface area (Å²) in [5, 5.41) is 12.2. The Bertz CT molecular complexity index is 978.